The molecule has 0 aliphatic heterocycles. The summed E-state index contributed by atoms with van der Waals surface area (Å²) in [5.74, 6) is 5.68. The van der Waals surface area contributed by atoms with Gasteiger partial charge in [-0.25, -0.2) is 5.90 Å². The number of aromatic nitrogens is 3. The quantitative estimate of drug-likeness (QED) is 0.627. The van der Waals surface area contributed by atoms with Crippen molar-refractivity contribution >= 4 is 0 Å². The van der Waals surface area contributed by atoms with Crippen molar-refractivity contribution in [1.29, 1.82) is 0 Å². The Morgan fingerprint density at radius 3 is 3.18 bits per heavy atom. The molecule has 0 fully saturated rings. The van der Waals surface area contributed by atoms with Gasteiger partial charge in [0.1, 0.15) is 12.9 Å². The summed E-state index contributed by atoms with van der Waals surface area (Å²) in [5.41, 5.74) is 0. The van der Waals surface area contributed by atoms with Crippen molar-refractivity contribution in [2.45, 2.75) is 26.5 Å². The van der Waals surface area contributed by atoms with Gasteiger partial charge in [0, 0.05) is 6.54 Å². The van der Waals surface area contributed by atoms with Gasteiger partial charge in [0.15, 0.2) is 5.82 Å². The Balaban J connectivity index is 2.62. The molecule has 0 atom stereocenters. The third-order valence-electron chi connectivity index (χ3n) is 1.37. The van der Waals surface area contributed by atoms with E-state index < -0.39 is 0 Å². The number of nitrogens with zero attached hydrogens (tertiary/aromatic N) is 3. The molecule has 1 rings (SSSR count). The third-order valence-corrected chi connectivity index (χ3v) is 1.37. The number of aryl methyl sites for hydroxylation is 1. The molecule has 5 nitrogen and oxygen atoms in total. The van der Waals surface area contributed by atoms with Gasteiger partial charge in [0.2, 0.25) is 0 Å². The third kappa shape index (κ3) is 1.99. The maximum absolute atomic E-state index is 4.90. The second kappa shape index (κ2) is 4.05. The van der Waals surface area contributed by atoms with E-state index >= 15 is 0 Å². The van der Waals surface area contributed by atoms with Gasteiger partial charge in [-0.1, -0.05) is 6.92 Å². The van der Waals surface area contributed by atoms with E-state index in [1.807, 2.05) is 4.57 Å². The molecule has 0 amide bonds. The Kier molecular flexibility index (Phi) is 3.00. The molecule has 0 bridgehead atoms. The second-order valence-electron chi connectivity index (χ2n) is 2.25. The molecule has 2 N–H and O–H groups in total. The molecule has 1 aromatic rings. The fraction of sp³-hybridized carbons (Fsp3) is 0.667. The maximum atomic E-state index is 4.90. The van der Waals surface area contributed by atoms with E-state index in [-0.39, 0.29) is 0 Å². The van der Waals surface area contributed by atoms with Gasteiger partial charge in [0.25, 0.3) is 0 Å². The molecule has 0 saturated heterocycles. The van der Waals surface area contributed by atoms with Gasteiger partial charge in [0.05, 0.1) is 0 Å². The summed E-state index contributed by atoms with van der Waals surface area (Å²) >= 11 is 0. The fourth-order valence-corrected chi connectivity index (χ4v) is 0.893. The van der Waals surface area contributed by atoms with E-state index in [2.05, 4.69) is 22.0 Å². The first kappa shape index (κ1) is 8.16. The van der Waals surface area contributed by atoms with E-state index in [9.17, 15) is 0 Å². The largest absolute Gasteiger partial charge is 0.316 e. The second-order valence-corrected chi connectivity index (χ2v) is 2.25. The zero-order chi connectivity index (χ0) is 8.10. The molecular weight excluding hydrogens is 144 g/mol. The molecule has 1 aromatic heterocycles. The molecule has 0 aromatic carbocycles. The summed E-state index contributed by atoms with van der Waals surface area (Å²) in [6.45, 7) is 3.32. The van der Waals surface area contributed by atoms with E-state index in [1.54, 1.807) is 6.33 Å². The van der Waals surface area contributed by atoms with Crippen LogP contribution in [-0.4, -0.2) is 14.8 Å². The summed E-state index contributed by atoms with van der Waals surface area (Å²) in [6, 6.07) is 0. The van der Waals surface area contributed by atoms with Crippen LogP contribution in [0.15, 0.2) is 6.33 Å². The SMILES string of the molecule is CCCn1cnnc1CON. The monoisotopic (exact) mass is 156 g/mol. The lowest BCUT2D eigenvalue weighted by Crippen LogP contribution is -2.07. The Labute approximate surface area is 65.1 Å². The van der Waals surface area contributed by atoms with Crippen LogP contribution in [0.2, 0.25) is 0 Å². The molecule has 0 spiro atoms. The van der Waals surface area contributed by atoms with Crippen LogP contribution in [0.25, 0.3) is 0 Å². The maximum Gasteiger partial charge on any atom is 0.160 e. The van der Waals surface area contributed by atoms with E-state index in [1.165, 1.54) is 0 Å². The van der Waals surface area contributed by atoms with Gasteiger partial charge in [-0.05, 0) is 6.42 Å². The molecule has 5 heteroatoms. The molecule has 0 aliphatic rings. The molecule has 62 valence electrons. The highest BCUT2D eigenvalue weighted by Crippen LogP contribution is 1.97. The van der Waals surface area contributed by atoms with Crippen molar-refractivity contribution in [2.75, 3.05) is 0 Å². The van der Waals surface area contributed by atoms with Gasteiger partial charge in [-0.2, -0.15) is 0 Å². The van der Waals surface area contributed by atoms with E-state index in [4.69, 9.17) is 5.90 Å². The highest BCUT2D eigenvalue weighted by Gasteiger charge is 2.01. The minimum absolute atomic E-state index is 0.319. The Morgan fingerprint density at radius 1 is 1.73 bits per heavy atom. The minimum Gasteiger partial charge on any atom is -0.316 e. The van der Waals surface area contributed by atoms with Crippen molar-refractivity contribution in [2.24, 2.45) is 5.90 Å². The Morgan fingerprint density at radius 2 is 2.55 bits per heavy atom. The number of rotatable bonds is 4. The first-order valence-corrected chi connectivity index (χ1v) is 3.56. The number of nitrogens with two attached hydrogens (primary N) is 1. The standard InChI is InChI=1S/C6H12N4O/c1-2-3-10-5-8-9-6(10)4-11-7/h5H,2-4,7H2,1H3. The van der Waals surface area contributed by atoms with Gasteiger partial charge >= 0.3 is 0 Å². The molecule has 0 unspecified atom stereocenters. The first-order chi connectivity index (χ1) is 5.38. The topological polar surface area (TPSA) is 66.0 Å². The fourth-order valence-electron chi connectivity index (χ4n) is 0.893. The van der Waals surface area contributed by atoms with Crippen LogP contribution in [0, 0.1) is 0 Å². The highest BCUT2D eigenvalue weighted by atomic mass is 16.6. The van der Waals surface area contributed by atoms with Crippen LogP contribution >= 0.6 is 0 Å². The number of hydrogen-bond donors (Lipinski definition) is 1. The molecule has 0 aliphatic carbocycles. The lowest BCUT2D eigenvalue weighted by Gasteiger charge is -2.01. The van der Waals surface area contributed by atoms with Crippen LogP contribution in [0.1, 0.15) is 19.2 Å². The predicted molar refractivity (Wildman–Crippen MR) is 39.3 cm³/mol. The normalized spacial score (nSPS) is 10.4. The van der Waals surface area contributed by atoms with Crippen LogP contribution in [0.3, 0.4) is 0 Å². The lowest BCUT2D eigenvalue weighted by molar-refractivity contribution is 0.115. The highest BCUT2D eigenvalue weighted by molar-refractivity contribution is 4.82. The Bertz CT molecular complexity index is 190. The van der Waals surface area contributed by atoms with Crippen molar-refractivity contribution in [3.05, 3.63) is 12.2 Å². The van der Waals surface area contributed by atoms with Crippen LogP contribution in [0.4, 0.5) is 0 Å². The number of hydrogen-bond acceptors (Lipinski definition) is 4. The molecule has 1 heterocycles. The summed E-state index contributed by atoms with van der Waals surface area (Å²) in [4.78, 5) is 4.45. The summed E-state index contributed by atoms with van der Waals surface area (Å²) in [6.07, 6.45) is 2.73. The van der Waals surface area contributed by atoms with Crippen molar-refractivity contribution < 1.29 is 4.84 Å². The average Bonchev–Trinajstić information content (AvgIpc) is 2.39. The van der Waals surface area contributed by atoms with Crippen LogP contribution < -0.4 is 5.90 Å². The Hall–Kier alpha value is -0.940. The first-order valence-electron chi connectivity index (χ1n) is 3.56. The predicted octanol–water partition coefficient (Wildman–Crippen LogP) is 0.0784. The molecular formula is C6H12N4O. The van der Waals surface area contributed by atoms with Crippen molar-refractivity contribution in [3.8, 4) is 0 Å². The summed E-state index contributed by atoms with van der Waals surface area (Å²) in [5, 5.41) is 7.57. The van der Waals surface area contributed by atoms with Gasteiger partial charge < -0.3 is 4.57 Å². The molecule has 0 saturated carbocycles. The molecule has 0 radical (unpaired) electrons. The smallest absolute Gasteiger partial charge is 0.160 e. The van der Waals surface area contributed by atoms with Crippen molar-refractivity contribution in [1.82, 2.24) is 14.8 Å². The zero-order valence-corrected chi connectivity index (χ0v) is 6.53. The average molecular weight is 156 g/mol. The van der Waals surface area contributed by atoms with E-state index in [0.717, 1.165) is 18.8 Å². The minimum atomic E-state index is 0.319. The van der Waals surface area contributed by atoms with Crippen LogP contribution in [0.5, 0.6) is 0 Å². The summed E-state index contributed by atoms with van der Waals surface area (Å²) in [7, 11) is 0. The van der Waals surface area contributed by atoms with Gasteiger partial charge in [-0.3, -0.25) is 4.84 Å². The van der Waals surface area contributed by atoms with E-state index in [0.29, 0.717) is 6.61 Å². The zero-order valence-electron chi connectivity index (χ0n) is 6.53. The molecule has 11 heavy (non-hydrogen) atoms. The van der Waals surface area contributed by atoms with Gasteiger partial charge in [-0.15, -0.1) is 10.2 Å². The summed E-state index contributed by atoms with van der Waals surface area (Å²) < 4.78 is 1.92. The van der Waals surface area contributed by atoms with Crippen LogP contribution in [-0.2, 0) is 18.0 Å². The lowest BCUT2D eigenvalue weighted by atomic mass is 10.4. The van der Waals surface area contributed by atoms with Crippen molar-refractivity contribution in [3.63, 3.8) is 0 Å².